The fourth-order valence-corrected chi connectivity index (χ4v) is 1.08. The van der Waals surface area contributed by atoms with E-state index < -0.39 is 0 Å². The summed E-state index contributed by atoms with van der Waals surface area (Å²) in [5.41, 5.74) is 10.9. The number of nitrogen functional groups attached to an aromatic ring is 1. The molecule has 1 aromatic heterocycles. The number of anilines is 2. The van der Waals surface area contributed by atoms with Crippen molar-refractivity contribution in [3.8, 4) is 0 Å². The minimum absolute atomic E-state index is 0.113. The first-order valence-corrected chi connectivity index (χ1v) is 4.04. The van der Waals surface area contributed by atoms with Gasteiger partial charge in [-0.25, -0.2) is 4.98 Å². The van der Waals surface area contributed by atoms with Gasteiger partial charge in [0.05, 0.1) is 6.33 Å². The van der Waals surface area contributed by atoms with Gasteiger partial charge in [0.2, 0.25) is 0 Å². The maximum Gasteiger partial charge on any atom is 0.276 e. The summed E-state index contributed by atoms with van der Waals surface area (Å²) in [5, 5.41) is 2.99. The van der Waals surface area contributed by atoms with Gasteiger partial charge in [-0.05, 0) is 6.42 Å². The highest BCUT2D eigenvalue weighted by molar-refractivity contribution is 5.60. The molecule has 6 N–H and O–H groups in total. The van der Waals surface area contributed by atoms with E-state index in [2.05, 4.69) is 15.3 Å². The molecule has 6 nitrogen and oxygen atoms in total. The number of hydrogen-bond acceptors (Lipinski definition) is 5. The molecule has 1 aliphatic carbocycles. The number of nitrogens with one attached hydrogen (secondary N) is 2. The summed E-state index contributed by atoms with van der Waals surface area (Å²) in [5.74, 6) is 0.418. The van der Waals surface area contributed by atoms with Crippen LogP contribution in [-0.2, 0) is 0 Å². The third kappa shape index (κ3) is 1.48. The van der Waals surface area contributed by atoms with Gasteiger partial charge < -0.3 is 21.8 Å². The van der Waals surface area contributed by atoms with Gasteiger partial charge in [-0.2, -0.15) is 0 Å². The van der Waals surface area contributed by atoms with Crippen LogP contribution in [0.3, 0.4) is 0 Å². The van der Waals surface area contributed by atoms with E-state index in [9.17, 15) is 4.79 Å². The lowest BCUT2D eigenvalue weighted by molar-refractivity contribution is 0.989. The highest BCUT2D eigenvalue weighted by Gasteiger charge is 2.34. The maximum absolute atomic E-state index is 11.0. The molecule has 2 atom stereocenters. The van der Waals surface area contributed by atoms with Gasteiger partial charge in [0.15, 0.2) is 5.82 Å². The van der Waals surface area contributed by atoms with Crippen LogP contribution in [0.5, 0.6) is 0 Å². The molecule has 0 amide bonds. The highest BCUT2D eigenvalue weighted by atomic mass is 16.1. The van der Waals surface area contributed by atoms with Crippen molar-refractivity contribution in [3.63, 3.8) is 0 Å². The Bertz CT molecular complexity index is 373. The fourth-order valence-electron chi connectivity index (χ4n) is 1.08. The second-order valence-electron chi connectivity index (χ2n) is 3.14. The van der Waals surface area contributed by atoms with Crippen LogP contribution in [-0.4, -0.2) is 22.1 Å². The molecule has 0 saturated heterocycles. The summed E-state index contributed by atoms with van der Waals surface area (Å²) < 4.78 is 0. The first-order chi connectivity index (χ1) is 6.18. The monoisotopic (exact) mass is 181 g/mol. The molecule has 1 saturated carbocycles. The Morgan fingerprint density at radius 3 is 3.00 bits per heavy atom. The summed E-state index contributed by atoms with van der Waals surface area (Å²) in [7, 11) is 0. The van der Waals surface area contributed by atoms with E-state index in [0.29, 0.717) is 5.82 Å². The molecule has 2 rings (SSSR count). The quantitative estimate of drug-likeness (QED) is 0.461. The van der Waals surface area contributed by atoms with Crippen LogP contribution in [0, 0.1) is 0 Å². The molecule has 6 heteroatoms. The Hall–Kier alpha value is -1.56. The lowest BCUT2D eigenvalue weighted by Gasteiger charge is -2.04. The number of rotatable bonds is 2. The average molecular weight is 181 g/mol. The molecule has 13 heavy (non-hydrogen) atoms. The summed E-state index contributed by atoms with van der Waals surface area (Å²) in [6.07, 6.45) is 2.21. The Morgan fingerprint density at radius 1 is 1.69 bits per heavy atom. The van der Waals surface area contributed by atoms with Gasteiger partial charge in [-0.3, -0.25) is 4.79 Å². The van der Waals surface area contributed by atoms with Gasteiger partial charge in [-0.15, -0.1) is 0 Å². The van der Waals surface area contributed by atoms with Crippen molar-refractivity contribution >= 4 is 11.5 Å². The highest BCUT2D eigenvalue weighted by Crippen LogP contribution is 2.23. The topological polar surface area (TPSA) is 110 Å². The first-order valence-electron chi connectivity index (χ1n) is 4.04. The van der Waals surface area contributed by atoms with Crippen LogP contribution in [0.1, 0.15) is 6.42 Å². The van der Waals surface area contributed by atoms with Crippen molar-refractivity contribution < 1.29 is 0 Å². The predicted octanol–water partition coefficient (Wildman–Crippen LogP) is -1.14. The largest absolute Gasteiger partial charge is 0.391 e. The normalized spacial score (nSPS) is 25.6. The molecule has 1 aliphatic rings. The van der Waals surface area contributed by atoms with Crippen molar-refractivity contribution in [3.05, 3.63) is 16.7 Å². The summed E-state index contributed by atoms with van der Waals surface area (Å²) in [6, 6.07) is 0.358. The average Bonchev–Trinajstić information content (AvgIpc) is 2.77. The lowest BCUT2D eigenvalue weighted by Crippen LogP contribution is -2.19. The van der Waals surface area contributed by atoms with Gasteiger partial charge in [-0.1, -0.05) is 0 Å². The molecular weight excluding hydrogens is 170 g/mol. The minimum Gasteiger partial charge on any atom is -0.391 e. The molecule has 70 valence electrons. The molecule has 0 spiro atoms. The van der Waals surface area contributed by atoms with Gasteiger partial charge in [0.25, 0.3) is 5.56 Å². The number of H-pyrrole nitrogens is 1. The summed E-state index contributed by atoms with van der Waals surface area (Å²) in [6.45, 7) is 0. The van der Waals surface area contributed by atoms with Crippen LogP contribution in [0.15, 0.2) is 11.1 Å². The van der Waals surface area contributed by atoms with Crippen molar-refractivity contribution in [2.75, 3.05) is 11.1 Å². The van der Waals surface area contributed by atoms with Gasteiger partial charge >= 0.3 is 0 Å². The zero-order valence-corrected chi connectivity index (χ0v) is 6.95. The SMILES string of the molecule is Nc1c(NC2CC2N)nc[nH]c1=O. The molecule has 2 unspecified atom stereocenters. The third-order valence-electron chi connectivity index (χ3n) is 2.05. The van der Waals surface area contributed by atoms with E-state index >= 15 is 0 Å². The summed E-state index contributed by atoms with van der Waals surface area (Å²) >= 11 is 0. The number of hydrogen-bond donors (Lipinski definition) is 4. The lowest BCUT2D eigenvalue weighted by atomic mass is 10.4. The minimum atomic E-state index is -0.327. The second-order valence-corrected chi connectivity index (χ2v) is 3.14. The Balaban J connectivity index is 2.20. The van der Waals surface area contributed by atoms with Crippen LogP contribution >= 0.6 is 0 Å². The van der Waals surface area contributed by atoms with Crippen LogP contribution in [0.2, 0.25) is 0 Å². The standard InChI is InChI=1S/C7H11N5O/c8-3-1-4(3)12-6-5(9)7(13)11-2-10-6/h2-4H,1,8-9H2,(H2,10,11,12,13). The van der Waals surface area contributed by atoms with Gasteiger partial charge in [0.1, 0.15) is 5.69 Å². The zero-order valence-electron chi connectivity index (χ0n) is 6.95. The van der Waals surface area contributed by atoms with Crippen molar-refractivity contribution in [2.45, 2.75) is 18.5 Å². The Morgan fingerprint density at radius 2 is 2.38 bits per heavy atom. The van der Waals surface area contributed by atoms with Crippen LogP contribution in [0.25, 0.3) is 0 Å². The van der Waals surface area contributed by atoms with Crippen LogP contribution in [0.4, 0.5) is 11.5 Å². The number of aromatic amines is 1. The van der Waals surface area contributed by atoms with Gasteiger partial charge in [0, 0.05) is 12.1 Å². The Kier molecular flexibility index (Phi) is 1.70. The van der Waals surface area contributed by atoms with E-state index in [4.69, 9.17) is 11.5 Å². The number of aromatic nitrogens is 2. The van der Waals surface area contributed by atoms with Crippen molar-refractivity contribution in [1.82, 2.24) is 9.97 Å². The first kappa shape index (κ1) is 8.06. The molecule has 0 aromatic carbocycles. The van der Waals surface area contributed by atoms with Crippen molar-refractivity contribution in [2.24, 2.45) is 5.73 Å². The number of nitrogens with zero attached hydrogens (tertiary/aromatic N) is 1. The van der Waals surface area contributed by atoms with E-state index in [1.165, 1.54) is 6.33 Å². The molecule has 0 radical (unpaired) electrons. The van der Waals surface area contributed by atoms with E-state index in [1.54, 1.807) is 0 Å². The smallest absolute Gasteiger partial charge is 0.276 e. The Labute approximate surface area is 74.4 Å². The maximum atomic E-state index is 11.0. The molecule has 1 aromatic rings. The second kappa shape index (κ2) is 2.74. The summed E-state index contributed by atoms with van der Waals surface area (Å²) in [4.78, 5) is 17.3. The predicted molar refractivity (Wildman–Crippen MR) is 49.3 cm³/mol. The van der Waals surface area contributed by atoms with Crippen LogP contribution < -0.4 is 22.3 Å². The van der Waals surface area contributed by atoms with E-state index in [1.807, 2.05) is 0 Å². The molecule has 0 bridgehead atoms. The van der Waals surface area contributed by atoms with E-state index in [0.717, 1.165) is 6.42 Å². The van der Waals surface area contributed by atoms with Crippen molar-refractivity contribution in [1.29, 1.82) is 0 Å². The zero-order chi connectivity index (χ0) is 9.42. The third-order valence-corrected chi connectivity index (χ3v) is 2.05. The van der Waals surface area contributed by atoms with E-state index in [-0.39, 0.29) is 23.3 Å². The molecule has 1 heterocycles. The molecule has 0 aliphatic heterocycles. The fraction of sp³-hybridized carbons (Fsp3) is 0.429. The number of nitrogens with two attached hydrogens (primary N) is 2. The molecule has 1 fully saturated rings. The molecular formula is C7H11N5O.